The highest BCUT2D eigenvalue weighted by atomic mass is 32.2. The van der Waals surface area contributed by atoms with Crippen LogP contribution in [-0.2, 0) is 14.3 Å². The lowest BCUT2D eigenvalue weighted by Gasteiger charge is -2.34. The van der Waals surface area contributed by atoms with Crippen LogP contribution in [0, 0.1) is 6.92 Å². The first-order valence-electron chi connectivity index (χ1n) is 7.44. The van der Waals surface area contributed by atoms with Crippen molar-refractivity contribution in [1.29, 1.82) is 0 Å². The van der Waals surface area contributed by atoms with E-state index < -0.39 is 10.1 Å². The Balaban J connectivity index is 1.78. The topological polar surface area (TPSA) is 84.4 Å². The van der Waals surface area contributed by atoms with E-state index in [1.54, 1.807) is 6.20 Å². The highest BCUT2D eigenvalue weighted by molar-refractivity contribution is 7.85. The van der Waals surface area contributed by atoms with Crippen molar-refractivity contribution in [3.05, 3.63) is 18.1 Å². The fourth-order valence-electron chi connectivity index (χ4n) is 2.69. The molecule has 1 aliphatic rings. The van der Waals surface area contributed by atoms with Crippen LogP contribution < -0.4 is 5.32 Å². The van der Waals surface area contributed by atoms with Crippen LogP contribution in [0.4, 0.5) is 5.82 Å². The number of nitrogens with zero attached hydrogens (tertiary/aromatic N) is 3. The van der Waals surface area contributed by atoms with Gasteiger partial charge in [-0.05, 0) is 45.7 Å². The first-order valence-corrected chi connectivity index (χ1v) is 9.26. The Kier molecular flexibility index (Phi) is 5.71. The summed E-state index contributed by atoms with van der Waals surface area (Å²) in [5, 5.41) is 3.44. The summed E-state index contributed by atoms with van der Waals surface area (Å²) in [6, 6.07) is 2.63. The van der Waals surface area contributed by atoms with Crippen LogP contribution in [0.15, 0.2) is 12.3 Å². The van der Waals surface area contributed by atoms with E-state index in [4.69, 9.17) is 4.18 Å². The Hall–Kier alpha value is -1.25. The maximum absolute atomic E-state index is 11.0. The summed E-state index contributed by atoms with van der Waals surface area (Å²) in [4.78, 5) is 10.4. The van der Waals surface area contributed by atoms with Crippen LogP contribution >= 0.6 is 0 Å². The molecule has 22 heavy (non-hydrogen) atoms. The molecule has 0 amide bonds. The summed E-state index contributed by atoms with van der Waals surface area (Å²) >= 11 is 0. The summed E-state index contributed by atoms with van der Waals surface area (Å²) in [5.74, 6) is 1.63. The molecule has 1 aliphatic carbocycles. The second kappa shape index (κ2) is 7.34. The molecule has 0 radical (unpaired) electrons. The predicted octanol–water partition coefficient (Wildman–Crippen LogP) is 1.37. The number of aryl methyl sites for hydroxylation is 1. The molecule has 0 aromatic carbocycles. The van der Waals surface area contributed by atoms with E-state index in [0.717, 1.165) is 43.6 Å². The molecule has 0 aliphatic heterocycles. The average Bonchev–Trinajstić information content (AvgIpc) is 2.45. The number of anilines is 1. The van der Waals surface area contributed by atoms with Crippen LogP contribution in [0.2, 0.25) is 0 Å². The van der Waals surface area contributed by atoms with Gasteiger partial charge in [-0.3, -0.25) is 9.08 Å². The summed E-state index contributed by atoms with van der Waals surface area (Å²) in [5.41, 5.74) is 0. The molecule has 0 atom stereocenters. The highest BCUT2D eigenvalue weighted by Gasteiger charge is 2.24. The van der Waals surface area contributed by atoms with Crippen molar-refractivity contribution in [2.75, 3.05) is 25.4 Å². The van der Waals surface area contributed by atoms with Gasteiger partial charge in [0.15, 0.2) is 0 Å². The molecule has 7 nitrogen and oxygen atoms in total. The molecule has 1 aromatic rings. The van der Waals surface area contributed by atoms with E-state index in [2.05, 4.69) is 15.3 Å². The number of rotatable bonds is 6. The summed E-state index contributed by atoms with van der Waals surface area (Å²) in [7, 11) is -1.48. The van der Waals surface area contributed by atoms with Crippen LogP contribution in [0.1, 0.15) is 31.5 Å². The second-order valence-electron chi connectivity index (χ2n) is 5.85. The minimum atomic E-state index is -3.38. The zero-order valence-corrected chi connectivity index (χ0v) is 14.1. The molecule has 1 fully saturated rings. The van der Waals surface area contributed by atoms with Crippen LogP contribution in [0.5, 0.6) is 0 Å². The molecule has 0 spiro atoms. The average molecular weight is 328 g/mol. The van der Waals surface area contributed by atoms with Gasteiger partial charge in [0.25, 0.3) is 10.1 Å². The zero-order chi connectivity index (χ0) is 16.2. The minimum Gasteiger partial charge on any atom is -0.367 e. The van der Waals surface area contributed by atoms with E-state index in [-0.39, 0.29) is 6.73 Å². The van der Waals surface area contributed by atoms with Crippen molar-refractivity contribution in [2.45, 2.75) is 44.7 Å². The SMILES string of the molecule is Cc1nccc(NC2CCC(N(C)COS(C)(=O)=O)CC2)n1. The molecule has 1 heterocycles. The molecule has 1 N–H and O–H groups in total. The molecular weight excluding hydrogens is 304 g/mol. The third-order valence-corrected chi connectivity index (χ3v) is 4.45. The van der Waals surface area contributed by atoms with Gasteiger partial charge < -0.3 is 5.32 Å². The Bertz CT molecular complexity index is 586. The molecule has 0 saturated heterocycles. The molecule has 0 bridgehead atoms. The molecule has 124 valence electrons. The number of hydrogen-bond donors (Lipinski definition) is 1. The van der Waals surface area contributed by atoms with Gasteiger partial charge in [-0.1, -0.05) is 0 Å². The monoisotopic (exact) mass is 328 g/mol. The Morgan fingerprint density at radius 2 is 2.05 bits per heavy atom. The van der Waals surface area contributed by atoms with E-state index in [9.17, 15) is 8.42 Å². The van der Waals surface area contributed by atoms with Gasteiger partial charge in [0.2, 0.25) is 0 Å². The third-order valence-electron chi connectivity index (χ3n) is 3.92. The number of aromatic nitrogens is 2. The Morgan fingerprint density at radius 3 is 2.64 bits per heavy atom. The first-order chi connectivity index (χ1) is 10.3. The van der Waals surface area contributed by atoms with E-state index in [1.165, 1.54) is 0 Å². The lowest BCUT2D eigenvalue weighted by Crippen LogP contribution is -2.39. The van der Waals surface area contributed by atoms with Gasteiger partial charge in [-0.25, -0.2) is 9.97 Å². The largest absolute Gasteiger partial charge is 0.367 e. The summed E-state index contributed by atoms with van der Waals surface area (Å²) < 4.78 is 26.9. The van der Waals surface area contributed by atoms with Crippen molar-refractivity contribution >= 4 is 15.9 Å². The molecule has 2 rings (SSSR count). The molecule has 1 saturated carbocycles. The lowest BCUT2D eigenvalue weighted by molar-refractivity contribution is 0.0939. The lowest BCUT2D eigenvalue weighted by atomic mass is 9.90. The molecular formula is C14H24N4O3S. The second-order valence-corrected chi connectivity index (χ2v) is 7.49. The molecule has 0 unspecified atom stereocenters. The van der Waals surface area contributed by atoms with Gasteiger partial charge in [-0.15, -0.1) is 0 Å². The smallest absolute Gasteiger partial charge is 0.265 e. The fraction of sp³-hybridized carbons (Fsp3) is 0.714. The van der Waals surface area contributed by atoms with Crippen molar-refractivity contribution in [3.63, 3.8) is 0 Å². The quantitative estimate of drug-likeness (QED) is 0.623. The van der Waals surface area contributed by atoms with Crippen LogP contribution in [0.25, 0.3) is 0 Å². The number of hydrogen-bond acceptors (Lipinski definition) is 7. The van der Waals surface area contributed by atoms with Crippen LogP contribution in [-0.4, -0.2) is 55.4 Å². The van der Waals surface area contributed by atoms with Crippen molar-refractivity contribution < 1.29 is 12.6 Å². The Morgan fingerprint density at radius 1 is 1.36 bits per heavy atom. The van der Waals surface area contributed by atoms with E-state index in [1.807, 2.05) is 24.9 Å². The maximum atomic E-state index is 11.0. The van der Waals surface area contributed by atoms with E-state index in [0.29, 0.717) is 12.1 Å². The number of nitrogens with one attached hydrogen (secondary N) is 1. The van der Waals surface area contributed by atoms with Crippen molar-refractivity contribution in [2.24, 2.45) is 0 Å². The van der Waals surface area contributed by atoms with Gasteiger partial charge in [0, 0.05) is 18.3 Å². The van der Waals surface area contributed by atoms with Crippen LogP contribution in [0.3, 0.4) is 0 Å². The summed E-state index contributed by atoms with van der Waals surface area (Å²) in [6.07, 6.45) is 6.89. The van der Waals surface area contributed by atoms with Crippen molar-refractivity contribution in [1.82, 2.24) is 14.9 Å². The van der Waals surface area contributed by atoms with Gasteiger partial charge in [0.05, 0.1) is 6.26 Å². The van der Waals surface area contributed by atoms with Crippen molar-refractivity contribution in [3.8, 4) is 0 Å². The van der Waals surface area contributed by atoms with Gasteiger partial charge in [0.1, 0.15) is 18.4 Å². The first kappa shape index (κ1) is 17.1. The third kappa shape index (κ3) is 5.51. The van der Waals surface area contributed by atoms with E-state index >= 15 is 0 Å². The van der Waals surface area contributed by atoms with Gasteiger partial charge in [-0.2, -0.15) is 8.42 Å². The maximum Gasteiger partial charge on any atom is 0.265 e. The minimum absolute atomic E-state index is 0.118. The molecule has 1 aromatic heterocycles. The fourth-order valence-corrected chi connectivity index (χ4v) is 3.05. The zero-order valence-electron chi connectivity index (χ0n) is 13.3. The predicted molar refractivity (Wildman–Crippen MR) is 85.0 cm³/mol. The molecule has 8 heteroatoms. The normalized spacial score (nSPS) is 22.7. The van der Waals surface area contributed by atoms with Gasteiger partial charge >= 0.3 is 0 Å². The Labute approximate surface area is 132 Å². The summed E-state index contributed by atoms with van der Waals surface area (Å²) in [6.45, 7) is 1.99. The standard InChI is InChI=1S/C14H24N4O3S/c1-11-15-9-8-14(16-11)17-12-4-6-13(7-5-12)18(2)10-21-22(3,19)20/h8-9,12-13H,4-7,10H2,1-3H3,(H,15,16,17). The highest BCUT2D eigenvalue weighted by Crippen LogP contribution is 2.24.